The third-order valence-corrected chi connectivity index (χ3v) is 2.39. The highest BCUT2D eigenvalue weighted by atomic mass is 16.5. The van der Waals surface area contributed by atoms with Crippen LogP contribution in [0.1, 0.15) is 37.0 Å². The number of pyridine rings is 1. The van der Waals surface area contributed by atoms with Gasteiger partial charge in [-0.1, -0.05) is 6.92 Å². The van der Waals surface area contributed by atoms with Gasteiger partial charge in [0, 0.05) is 26.0 Å². The van der Waals surface area contributed by atoms with Crippen LogP contribution in [-0.2, 0) is 9.47 Å². The molecular weight excluding hydrogens is 244 g/mol. The van der Waals surface area contributed by atoms with Gasteiger partial charge in [-0.15, -0.1) is 0 Å². The second-order valence-electron chi connectivity index (χ2n) is 4.05. The molecule has 0 saturated carbocycles. The summed E-state index contributed by atoms with van der Waals surface area (Å²) in [5.41, 5.74) is 0.471. The van der Waals surface area contributed by atoms with Crippen molar-refractivity contribution in [1.29, 1.82) is 0 Å². The average molecular weight is 266 g/mol. The van der Waals surface area contributed by atoms with E-state index in [4.69, 9.17) is 9.47 Å². The minimum atomic E-state index is -0.338. The maximum absolute atomic E-state index is 11.4. The zero-order chi connectivity index (χ0) is 13.9. The number of aromatic nitrogens is 1. The fraction of sp³-hybridized carbons (Fsp3) is 0.571. The largest absolute Gasteiger partial charge is 0.462 e. The molecule has 5 nitrogen and oxygen atoms in total. The topological polar surface area (TPSA) is 60.5 Å². The van der Waals surface area contributed by atoms with Gasteiger partial charge in [-0.2, -0.15) is 0 Å². The molecule has 1 N–H and O–H groups in total. The van der Waals surface area contributed by atoms with Crippen LogP contribution in [0.25, 0.3) is 0 Å². The molecule has 0 radical (unpaired) electrons. The SMILES string of the molecule is CCCOCCCNc1ccc(C(=O)OCC)cn1. The van der Waals surface area contributed by atoms with Crippen molar-refractivity contribution in [2.45, 2.75) is 26.7 Å². The highest BCUT2D eigenvalue weighted by Gasteiger charge is 2.06. The van der Waals surface area contributed by atoms with Gasteiger partial charge in [-0.3, -0.25) is 0 Å². The molecule has 1 aromatic rings. The maximum Gasteiger partial charge on any atom is 0.339 e. The van der Waals surface area contributed by atoms with Crippen LogP contribution < -0.4 is 5.32 Å². The lowest BCUT2D eigenvalue weighted by Crippen LogP contribution is -2.09. The smallest absolute Gasteiger partial charge is 0.339 e. The molecule has 0 aromatic carbocycles. The van der Waals surface area contributed by atoms with E-state index in [0.717, 1.165) is 38.4 Å². The first-order valence-electron chi connectivity index (χ1n) is 6.72. The molecule has 0 amide bonds. The molecule has 1 rings (SSSR count). The zero-order valence-electron chi connectivity index (χ0n) is 11.6. The number of anilines is 1. The molecule has 0 spiro atoms. The van der Waals surface area contributed by atoms with E-state index in [1.54, 1.807) is 19.1 Å². The Labute approximate surface area is 114 Å². The van der Waals surface area contributed by atoms with Crippen LogP contribution in [0.15, 0.2) is 18.3 Å². The van der Waals surface area contributed by atoms with Crippen molar-refractivity contribution in [3.05, 3.63) is 23.9 Å². The van der Waals surface area contributed by atoms with Crippen molar-refractivity contribution < 1.29 is 14.3 Å². The van der Waals surface area contributed by atoms with Crippen LogP contribution in [-0.4, -0.2) is 37.3 Å². The summed E-state index contributed by atoms with van der Waals surface area (Å²) in [4.78, 5) is 15.6. The number of hydrogen-bond donors (Lipinski definition) is 1. The van der Waals surface area contributed by atoms with Gasteiger partial charge < -0.3 is 14.8 Å². The summed E-state index contributed by atoms with van der Waals surface area (Å²) in [5, 5.41) is 3.18. The van der Waals surface area contributed by atoms with Gasteiger partial charge in [-0.25, -0.2) is 9.78 Å². The van der Waals surface area contributed by atoms with E-state index in [9.17, 15) is 4.79 Å². The van der Waals surface area contributed by atoms with Gasteiger partial charge in [-0.05, 0) is 31.9 Å². The summed E-state index contributed by atoms with van der Waals surface area (Å²) < 4.78 is 10.3. The lowest BCUT2D eigenvalue weighted by Gasteiger charge is -2.06. The van der Waals surface area contributed by atoms with Crippen molar-refractivity contribution in [3.8, 4) is 0 Å². The first-order chi connectivity index (χ1) is 9.27. The molecule has 19 heavy (non-hydrogen) atoms. The molecule has 0 aliphatic carbocycles. The summed E-state index contributed by atoms with van der Waals surface area (Å²) in [5.74, 6) is 0.415. The molecule has 0 aliphatic rings. The quantitative estimate of drug-likeness (QED) is 0.549. The third kappa shape index (κ3) is 6.20. The zero-order valence-corrected chi connectivity index (χ0v) is 11.6. The van der Waals surface area contributed by atoms with E-state index in [1.165, 1.54) is 6.20 Å². The summed E-state index contributed by atoms with van der Waals surface area (Å²) in [6.45, 7) is 6.61. The van der Waals surface area contributed by atoms with Gasteiger partial charge in [0.25, 0.3) is 0 Å². The number of nitrogens with zero attached hydrogens (tertiary/aromatic N) is 1. The van der Waals surface area contributed by atoms with Crippen LogP contribution in [0, 0.1) is 0 Å². The monoisotopic (exact) mass is 266 g/mol. The Bertz CT molecular complexity index is 365. The number of hydrogen-bond acceptors (Lipinski definition) is 5. The van der Waals surface area contributed by atoms with Crippen molar-refractivity contribution in [1.82, 2.24) is 4.98 Å². The lowest BCUT2D eigenvalue weighted by atomic mass is 10.3. The fourth-order valence-electron chi connectivity index (χ4n) is 1.47. The van der Waals surface area contributed by atoms with E-state index in [1.807, 2.05) is 0 Å². The van der Waals surface area contributed by atoms with Gasteiger partial charge in [0.2, 0.25) is 0 Å². The highest BCUT2D eigenvalue weighted by molar-refractivity contribution is 5.89. The molecule has 5 heteroatoms. The van der Waals surface area contributed by atoms with Crippen LogP contribution in [0.5, 0.6) is 0 Å². The molecule has 1 heterocycles. The first-order valence-corrected chi connectivity index (χ1v) is 6.72. The Hall–Kier alpha value is -1.62. The predicted molar refractivity (Wildman–Crippen MR) is 74.4 cm³/mol. The number of carbonyl (C=O) groups excluding carboxylic acids is 1. The first kappa shape index (κ1) is 15.4. The molecule has 106 valence electrons. The van der Waals surface area contributed by atoms with Crippen LogP contribution in [0.2, 0.25) is 0 Å². The molecule has 0 atom stereocenters. The highest BCUT2D eigenvalue weighted by Crippen LogP contribution is 2.06. The summed E-state index contributed by atoms with van der Waals surface area (Å²) in [6, 6.07) is 3.49. The van der Waals surface area contributed by atoms with Crippen LogP contribution >= 0.6 is 0 Å². The van der Waals surface area contributed by atoms with Gasteiger partial charge in [0.05, 0.1) is 12.2 Å². The van der Waals surface area contributed by atoms with Gasteiger partial charge in [0.15, 0.2) is 0 Å². The second-order valence-corrected chi connectivity index (χ2v) is 4.05. The van der Waals surface area contributed by atoms with E-state index in [2.05, 4.69) is 17.2 Å². The second kappa shape index (κ2) is 9.33. The van der Waals surface area contributed by atoms with Gasteiger partial charge in [0.1, 0.15) is 5.82 Å². The van der Waals surface area contributed by atoms with E-state index in [0.29, 0.717) is 12.2 Å². The van der Waals surface area contributed by atoms with E-state index in [-0.39, 0.29) is 5.97 Å². The average Bonchev–Trinajstić information content (AvgIpc) is 2.43. The molecular formula is C14H22N2O3. The van der Waals surface area contributed by atoms with Crippen molar-refractivity contribution in [2.75, 3.05) is 31.7 Å². The molecule has 0 aliphatic heterocycles. The van der Waals surface area contributed by atoms with Crippen LogP contribution in [0.4, 0.5) is 5.82 Å². The molecule has 0 unspecified atom stereocenters. The number of nitrogens with one attached hydrogen (secondary N) is 1. The maximum atomic E-state index is 11.4. The standard InChI is InChI=1S/C14H22N2O3/c1-3-9-18-10-5-8-15-13-7-6-12(11-16-13)14(17)19-4-2/h6-7,11H,3-5,8-10H2,1-2H3,(H,15,16). The van der Waals surface area contributed by atoms with Crippen molar-refractivity contribution in [2.24, 2.45) is 0 Å². The molecule has 1 aromatic heterocycles. The van der Waals surface area contributed by atoms with Crippen molar-refractivity contribution in [3.63, 3.8) is 0 Å². The predicted octanol–water partition coefficient (Wildman–Crippen LogP) is 2.49. The normalized spacial score (nSPS) is 10.2. The minimum Gasteiger partial charge on any atom is -0.462 e. The summed E-state index contributed by atoms with van der Waals surface area (Å²) in [6.07, 6.45) is 3.50. The number of rotatable bonds is 9. The number of ether oxygens (including phenoxy) is 2. The Morgan fingerprint density at radius 1 is 1.32 bits per heavy atom. The Morgan fingerprint density at radius 3 is 2.79 bits per heavy atom. The molecule has 0 saturated heterocycles. The summed E-state index contributed by atoms with van der Waals surface area (Å²) >= 11 is 0. The lowest BCUT2D eigenvalue weighted by molar-refractivity contribution is 0.0526. The number of esters is 1. The van der Waals surface area contributed by atoms with Crippen LogP contribution in [0.3, 0.4) is 0 Å². The Morgan fingerprint density at radius 2 is 2.16 bits per heavy atom. The third-order valence-electron chi connectivity index (χ3n) is 2.39. The van der Waals surface area contributed by atoms with E-state index >= 15 is 0 Å². The Balaban J connectivity index is 2.26. The Kier molecular flexibility index (Phi) is 7.58. The summed E-state index contributed by atoms with van der Waals surface area (Å²) in [7, 11) is 0. The van der Waals surface area contributed by atoms with Crippen molar-refractivity contribution >= 4 is 11.8 Å². The van der Waals surface area contributed by atoms with Gasteiger partial charge >= 0.3 is 5.97 Å². The fourth-order valence-corrected chi connectivity index (χ4v) is 1.47. The molecule has 0 fully saturated rings. The number of carbonyl (C=O) groups is 1. The minimum absolute atomic E-state index is 0.338. The van der Waals surface area contributed by atoms with E-state index < -0.39 is 0 Å². The molecule has 0 bridgehead atoms.